The number of nitrogens with two attached hydrogens (primary N) is 1. The Hall–Kier alpha value is -2.35. The number of benzene rings is 1. The fraction of sp³-hybridized carbons (Fsp3) is 0. The first kappa shape index (κ1) is 15.0. The van der Waals surface area contributed by atoms with Crippen molar-refractivity contribution in [3.8, 4) is 0 Å². The molecule has 1 aromatic carbocycles. The molecule has 21 heavy (non-hydrogen) atoms. The summed E-state index contributed by atoms with van der Waals surface area (Å²) in [7, 11) is 0. The molecule has 0 saturated carbocycles. The van der Waals surface area contributed by atoms with Crippen molar-refractivity contribution in [1.29, 1.82) is 0 Å². The summed E-state index contributed by atoms with van der Waals surface area (Å²) in [5, 5.41) is 1.40. The molecule has 0 fully saturated rings. The van der Waals surface area contributed by atoms with Gasteiger partial charge < -0.3 is 11.1 Å². The molecule has 3 N–H and O–H groups in total. The van der Waals surface area contributed by atoms with Crippen molar-refractivity contribution in [3.63, 3.8) is 0 Å². The van der Waals surface area contributed by atoms with Crippen LogP contribution in [0.4, 0.5) is 28.9 Å². The number of carbonyl (C=O) groups excluding carboxylic acids is 1. The largest absolute Gasteiger partial charge is 0.397 e. The van der Waals surface area contributed by atoms with Gasteiger partial charge in [0.2, 0.25) is 0 Å². The van der Waals surface area contributed by atoms with Gasteiger partial charge in [0.05, 0.1) is 17.4 Å². The minimum Gasteiger partial charge on any atom is -0.397 e. The Morgan fingerprint density at radius 2 is 1.71 bits per heavy atom. The van der Waals surface area contributed by atoms with Crippen molar-refractivity contribution in [2.75, 3.05) is 11.1 Å². The van der Waals surface area contributed by atoms with Gasteiger partial charge in [-0.3, -0.25) is 4.79 Å². The predicted octanol–water partition coefficient (Wildman–Crippen LogP) is 3.13. The normalized spacial score (nSPS) is 10.5. The molecule has 1 aromatic heterocycles. The Morgan fingerprint density at radius 3 is 2.29 bits per heavy atom. The first-order chi connectivity index (χ1) is 9.81. The SMILES string of the molecule is Nc1cnc(Cl)c(C(=O)Nc2c(F)c(F)cc(F)c2F)c1. The molecular formula is C12H6ClF4N3O. The second-order valence-electron chi connectivity index (χ2n) is 3.90. The van der Waals surface area contributed by atoms with Crippen LogP contribution < -0.4 is 11.1 Å². The molecule has 0 spiro atoms. The minimum absolute atomic E-state index is 0.0232. The number of hydrogen-bond donors (Lipinski definition) is 2. The van der Waals surface area contributed by atoms with Crippen molar-refractivity contribution in [2.24, 2.45) is 0 Å². The molecule has 1 amide bonds. The number of hydrogen-bond acceptors (Lipinski definition) is 3. The zero-order valence-corrected chi connectivity index (χ0v) is 10.8. The second-order valence-corrected chi connectivity index (χ2v) is 4.26. The molecule has 0 saturated heterocycles. The van der Waals surface area contributed by atoms with E-state index in [1.54, 1.807) is 5.32 Å². The van der Waals surface area contributed by atoms with E-state index in [-0.39, 0.29) is 22.5 Å². The maximum Gasteiger partial charge on any atom is 0.259 e. The van der Waals surface area contributed by atoms with E-state index in [2.05, 4.69) is 4.98 Å². The topological polar surface area (TPSA) is 68.0 Å². The Morgan fingerprint density at radius 1 is 1.14 bits per heavy atom. The first-order valence-corrected chi connectivity index (χ1v) is 5.74. The zero-order chi connectivity index (χ0) is 15.7. The third-order valence-electron chi connectivity index (χ3n) is 2.46. The Bertz CT molecular complexity index is 713. The Balaban J connectivity index is 2.43. The van der Waals surface area contributed by atoms with Gasteiger partial charge in [-0.1, -0.05) is 11.6 Å². The minimum atomic E-state index is -1.74. The fourth-order valence-corrected chi connectivity index (χ4v) is 1.68. The highest BCUT2D eigenvalue weighted by molar-refractivity contribution is 6.33. The van der Waals surface area contributed by atoms with Gasteiger partial charge in [-0.15, -0.1) is 0 Å². The third-order valence-corrected chi connectivity index (χ3v) is 2.76. The van der Waals surface area contributed by atoms with Crippen LogP contribution in [0.1, 0.15) is 10.4 Å². The van der Waals surface area contributed by atoms with Crippen LogP contribution in [0.5, 0.6) is 0 Å². The highest BCUT2D eigenvalue weighted by Gasteiger charge is 2.22. The lowest BCUT2D eigenvalue weighted by molar-refractivity contribution is 0.102. The van der Waals surface area contributed by atoms with Gasteiger partial charge in [-0.25, -0.2) is 22.5 Å². The maximum atomic E-state index is 13.4. The lowest BCUT2D eigenvalue weighted by atomic mass is 10.2. The van der Waals surface area contributed by atoms with E-state index in [1.165, 1.54) is 0 Å². The molecule has 0 atom stereocenters. The molecule has 9 heteroatoms. The molecule has 0 radical (unpaired) electrons. The van der Waals surface area contributed by atoms with E-state index < -0.39 is 34.9 Å². The summed E-state index contributed by atoms with van der Waals surface area (Å²) in [6.45, 7) is 0. The van der Waals surface area contributed by atoms with Crippen LogP contribution in [0.3, 0.4) is 0 Å². The van der Waals surface area contributed by atoms with Crippen molar-refractivity contribution in [1.82, 2.24) is 4.98 Å². The number of pyridine rings is 1. The molecule has 0 bridgehead atoms. The van der Waals surface area contributed by atoms with Crippen molar-refractivity contribution in [2.45, 2.75) is 0 Å². The van der Waals surface area contributed by atoms with Crippen molar-refractivity contribution in [3.05, 3.63) is 52.3 Å². The zero-order valence-electron chi connectivity index (χ0n) is 10.1. The van der Waals surface area contributed by atoms with Crippen molar-refractivity contribution < 1.29 is 22.4 Å². The van der Waals surface area contributed by atoms with E-state index in [4.69, 9.17) is 17.3 Å². The van der Waals surface area contributed by atoms with Crippen LogP contribution >= 0.6 is 11.6 Å². The van der Waals surface area contributed by atoms with E-state index in [0.29, 0.717) is 0 Å². The molecule has 1 heterocycles. The summed E-state index contributed by atoms with van der Waals surface area (Å²) < 4.78 is 52.9. The summed E-state index contributed by atoms with van der Waals surface area (Å²) in [4.78, 5) is 15.4. The quantitative estimate of drug-likeness (QED) is 0.507. The van der Waals surface area contributed by atoms with Crippen LogP contribution in [-0.4, -0.2) is 10.9 Å². The number of aromatic nitrogens is 1. The van der Waals surface area contributed by atoms with Crippen LogP contribution in [0, 0.1) is 23.3 Å². The van der Waals surface area contributed by atoms with E-state index in [9.17, 15) is 22.4 Å². The first-order valence-electron chi connectivity index (χ1n) is 5.36. The molecular weight excluding hydrogens is 314 g/mol. The monoisotopic (exact) mass is 319 g/mol. The van der Waals surface area contributed by atoms with Gasteiger partial charge in [-0.2, -0.15) is 0 Å². The smallest absolute Gasteiger partial charge is 0.259 e. The number of nitrogens with zero attached hydrogens (tertiary/aromatic N) is 1. The number of rotatable bonds is 2. The highest BCUT2D eigenvalue weighted by atomic mass is 35.5. The van der Waals surface area contributed by atoms with E-state index in [1.807, 2.05) is 0 Å². The fourth-order valence-electron chi connectivity index (χ4n) is 1.49. The van der Waals surface area contributed by atoms with Crippen LogP contribution in [0.2, 0.25) is 5.15 Å². The summed E-state index contributed by atoms with van der Waals surface area (Å²) in [6.07, 6.45) is 1.15. The summed E-state index contributed by atoms with van der Waals surface area (Å²) in [6, 6.07) is 1.12. The number of nitrogen functional groups attached to an aromatic ring is 1. The van der Waals surface area contributed by atoms with E-state index in [0.717, 1.165) is 12.3 Å². The number of anilines is 2. The van der Waals surface area contributed by atoms with Crippen LogP contribution in [0.25, 0.3) is 0 Å². The number of nitrogens with one attached hydrogen (secondary N) is 1. The van der Waals surface area contributed by atoms with Crippen LogP contribution in [0.15, 0.2) is 18.3 Å². The van der Waals surface area contributed by atoms with Gasteiger partial charge in [0.15, 0.2) is 23.3 Å². The number of carbonyl (C=O) groups is 1. The molecule has 2 aromatic rings. The number of amides is 1. The molecule has 4 nitrogen and oxygen atoms in total. The van der Waals surface area contributed by atoms with E-state index >= 15 is 0 Å². The van der Waals surface area contributed by atoms with Crippen molar-refractivity contribution >= 4 is 28.9 Å². The van der Waals surface area contributed by atoms with Gasteiger partial charge in [0, 0.05) is 6.07 Å². The standard InChI is InChI=1S/C12H6ClF4N3O/c13-11-5(1-4(18)3-19-11)12(21)20-10-8(16)6(14)2-7(15)9(10)17/h1-3H,18H2,(H,20,21). The average Bonchev–Trinajstić information content (AvgIpc) is 2.43. The van der Waals surface area contributed by atoms with Gasteiger partial charge in [0.25, 0.3) is 5.91 Å². The lowest BCUT2D eigenvalue weighted by Gasteiger charge is -2.10. The molecule has 0 aliphatic rings. The summed E-state index contributed by atoms with van der Waals surface area (Å²) >= 11 is 5.64. The molecule has 0 unspecified atom stereocenters. The molecule has 110 valence electrons. The lowest BCUT2D eigenvalue weighted by Crippen LogP contribution is -2.17. The highest BCUT2D eigenvalue weighted by Crippen LogP contribution is 2.25. The van der Waals surface area contributed by atoms with Crippen LogP contribution in [-0.2, 0) is 0 Å². The third kappa shape index (κ3) is 2.89. The molecule has 0 aliphatic heterocycles. The predicted molar refractivity (Wildman–Crippen MR) is 67.9 cm³/mol. The molecule has 0 aliphatic carbocycles. The molecule has 2 rings (SSSR count). The van der Waals surface area contributed by atoms with Gasteiger partial charge in [0.1, 0.15) is 10.8 Å². The summed E-state index contributed by atoms with van der Waals surface area (Å²) in [5.41, 5.74) is 3.89. The summed E-state index contributed by atoms with van der Waals surface area (Å²) in [5.74, 6) is -7.91. The number of halogens is 5. The Labute approximate surface area is 120 Å². The second kappa shape index (κ2) is 5.57. The average molecular weight is 320 g/mol. The maximum absolute atomic E-state index is 13.4. The Kier molecular flexibility index (Phi) is 3.99. The van der Waals surface area contributed by atoms with Gasteiger partial charge in [-0.05, 0) is 6.07 Å². The van der Waals surface area contributed by atoms with Gasteiger partial charge >= 0.3 is 0 Å².